The van der Waals surface area contributed by atoms with Gasteiger partial charge in [-0.2, -0.15) is 0 Å². The van der Waals surface area contributed by atoms with Crippen molar-refractivity contribution in [3.05, 3.63) is 15.6 Å². The standard InChI is InChI=1S/C15H23N3O4S/c1-9(19)7-16-12(20)13-17-10-8-18(6-5-11(10)23-13)14(21)22-15(2,3)4/h9,19H,5-8H2,1-4H3,(H,16,20)/t9-/m1/s1. The second kappa shape index (κ2) is 6.84. The van der Waals surface area contributed by atoms with Gasteiger partial charge in [-0.25, -0.2) is 9.78 Å². The fourth-order valence-electron chi connectivity index (χ4n) is 2.09. The van der Waals surface area contributed by atoms with E-state index in [0.29, 0.717) is 24.5 Å². The molecule has 2 amide bonds. The van der Waals surface area contributed by atoms with Crippen LogP contribution in [0.25, 0.3) is 0 Å². The van der Waals surface area contributed by atoms with Crippen LogP contribution in [0, 0.1) is 0 Å². The Labute approximate surface area is 139 Å². The van der Waals surface area contributed by atoms with Crippen LogP contribution in [0.2, 0.25) is 0 Å². The minimum Gasteiger partial charge on any atom is -0.444 e. The van der Waals surface area contributed by atoms with Gasteiger partial charge in [0.05, 0.1) is 18.3 Å². The number of hydrogen-bond donors (Lipinski definition) is 2. The summed E-state index contributed by atoms with van der Waals surface area (Å²) in [5, 5.41) is 12.2. The maximum absolute atomic E-state index is 12.1. The molecule has 0 saturated carbocycles. The van der Waals surface area contributed by atoms with Gasteiger partial charge in [0, 0.05) is 24.4 Å². The maximum Gasteiger partial charge on any atom is 0.410 e. The lowest BCUT2D eigenvalue weighted by atomic mass is 10.2. The number of fused-ring (bicyclic) bond motifs is 1. The number of aromatic nitrogens is 1. The number of rotatable bonds is 3. The van der Waals surface area contributed by atoms with Crippen molar-refractivity contribution in [2.75, 3.05) is 13.1 Å². The van der Waals surface area contributed by atoms with Gasteiger partial charge < -0.3 is 20.1 Å². The summed E-state index contributed by atoms with van der Waals surface area (Å²) >= 11 is 1.34. The number of carbonyl (C=O) groups is 2. The fraction of sp³-hybridized carbons (Fsp3) is 0.667. The summed E-state index contributed by atoms with van der Waals surface area (Å²) in [5.41, 5.74) is 0.208. The monoisotopic (exact) mass is 341 g/mol. The molecule has 0 aliphatic carbocycles. The first-order chi connectivity index (χ1) is 10.7. The molecule has 1 aromatic rings. The highest BCUT2D eigenvalue weighted by Gasteiger charge is 2.28. The topological polar surface area (TPSA) is 91.8 Å². The van der Waals surface area contributed by atoms with E-state index in [1.165, 1.54) is 11.3 Å². The molecule has 2 heterocycles. The van der Waals surface area contributed by atoms with E-state index in [0.717, 1.165) is 10.6 Å². The highest BCUT2D eigenvalue weighted by atomic mass is 32.1. The van der Waals surface area contributed by atoms with Gasteiger partial charge in [0.2, 0.25) is 0 Å². The first-order valence-corrected chi connectivity index (χ1v) is 8.40. The Kier molecular flexibility index (Phi) is 5.26. The number of hydrogen-bond acceptors (Lipinski definition) is 6. The Bertz CT molecular complexity index is 592. The first-order valence-electron chi connectivity index (χ1n) is 7.58. The van der Waals surface area contributed by atoms with Crippen molar-refractivity contribution in [1.82, 2.24) is 15.2 Å². The van der Waals surface area contributed by atoms with Crippen molar-refractivity contribution in [2.45, 2.75) is 52.4 Å². The predicted molar refractivity (Wildman–Crippen MR) is 86.5 cm³/mol. The lowest BCUT2D eigenvalue weighted by Gasteiger charge is -2.29. The summed E-state index contributed by atoms with van der Waals surface area (Å²) in [7, 11) is 0. The molecule has 1 aliphatic rings. The van der Waals surface area contributed by atoms with Gasteiger partial charge in [0.1, 0.15) is 5.60 Å². The molecule has 0 fully saturated rings. The van der Waals surface area contributed by atoms with Gasteiger partial charge in [-0.05, 0) is 27.7 Å². The van der Waals surface area contributed by atoms with E-state index in [2.05, 4.69) is 10.3 Å². The predicted octanol–water partition coefficient (Wildman–Crippen LogP) is 1.55. The highest BCUT2D eigenvalue weighted by Crippen LogP contribution is 2.26. The average Bonchev–Trinajstić information content (AvgIpc) is 2.85. The van der Waals surface area contributed by atoms with Crippen LogP contribution >= 0.6 is 11.3 Å². The van der Waals surface area contributed by atoms with Gasteiger partial charge in [-0.15, -0.1) is 11.3 Å². The smallest absolute Gasteiger partial charge is 0.410 e. The van der Waals surface area contributed by atoms with Crippen LogP contribution in [0.3, 0.4) is 0 Å². The summed E-state index contributed by atoms with van der Waals surface area (Å²) in [6.07, 6.45) is -0.303. The van der Waals surface area contributed by atoms with Gasteiger partial charge in [0.25, 0.3) is 5.91 Å². The van der Waals surface area contributed by atoms with Gasteiger partial charge in [-0.1, -0.05) is 0 Å². The Hall–Kier alpha value is -1.67. The quantitative estimate of drug-likeness (QED) is 0.870. The van der Waals surface area contributed by atoms with Crippen LogP contribution in [0.1, 0.15) is 48.1 Å². The van der Waals surface area contributed by atoms with E-state index < -0.39 is 11.7 Å². The molecule has 2 N–H and O–H groups in total. The third-order valence-corrected chi connectivity index (χ3v) is 4.29. The SMILES string of the molecule is C[C@@H](O)CNC(=O)c1nc2c(s1)CCN(C(=O)OC(C)(C)C)C2. The molecule has 0 bridgehead atoms. The van der Waals surface area contributed by atoms with Gasteiger partial charge >= 0.3 is 6.09 Å². The molecule has 2 rings (SSSR count). The molecular weight excluding hydrogens is 318 g/mol. The lowest BCUT2D eigenvalue weighted by Crippen LogP contribution is -2.39. The summed E-state index contributed by atoms with van der Waals surface area (Å²) in [6.45, 7) is 8.18. The van der Waals surface area contributed by atoms with E-state index >= 15 is 0 Å². The van der Waals surface area contributed by atoms with Crippen molar-refractivity contribution in [3.8, 4) is 0 Å². The van der Waals surface area contributed by atoms with Crippen LogP contribution in [0.5, 0.6) is 0 Å². The van der Waals surface area contributed by atoms with Crippen molar-refractivity contribution >= 4 is 23.3 Å². The van der Waals surface area contributed by atoms with Crippen molar-refractivity contribution < 1.29 is 19.4 Å². The molecule has 8 heteroatoms. The zero-order valence-electron chi connectivity index (χ0n) is 13.9. The van der Waals surface area contributed by atoms with E-state index in [9.17, 15) is 14.7 Å². The number of nitrogens with zero attached hydrogens (tertiary/aromatic N) is 2. The number of aliphatic hydroxyl groups is 1. The number of carbonyl (C=O) groups excluding carboxylic acids is 2. The third kappa shape index (κ3) is 4.90. The summed E-state index contributed by atoms with van der Waals surface area (Å²) in [5.74, 6) is -0.297. The van der Waals surface area contributed by atoms with Gasteiger partial charge in [0.15, 0.2) is 5.01 Å². The van der Waals surface area contributed by atoms with Crippen LogP contribution < -0.4 is 5.32 Å². The Morgan fingerprint density at radius 2 is 2.17 bits per heavy atom. The molecule has 1 atom stereocenters. The van der Waals surface area contributed by atoms with E-state index in [4.69, 9.17) is 4.74 Å². The normalized spacial score (nSPS) is 15.8. The van der Waals surface area contributed by atoms with E-state index in [-0.39, 0.29) is 18.5 Å². The summed E-state index contributed by atoms with van der Waals surface area (Å²) in [4.78, 5) is 31.1. The molecule has 0 radical (unpaired) electrons. The van der Waals surface area contributed by atoms with Gasteiger partial charge in [-0.3, -0.25) is 4.79 Å². The molecule has 0 unspecified atom stereocenters. The second-order valence-electron chi connectivity index (χ2n) is 6.60. The van der Waals surface area contributed by atoms with E-state index in [1.54, 1.807) is 11.8 Å². The average molecular weight is 341 g/mol. The number of aliphatic hydroxyl groups excluding tert-OH is 1. The molecule has 7 nitrogen and oxygen atoms in total. The first kappa shape index (κ1) is 17.7. The minimum absolute atomic E-state index is 0.188. The molecule has 23 heavy (non-hydrogen) atoms. The van der Waals surface area contributed by atoms with Crippen molar-refractivity contribution in [2.24, 2.45) is 0 Å². The third-order valence-electron chi connectivity index (χ3n) is 3.13. The number of amides is 2. The number of ether oxygens (including phenoxy) is 1. The summed E-state index contributed by atoms with van der Waals surface area (Å²) < 4.78 is 5.37. The second-order valence-corrected chi connectivity index (χ2v) is 7.68. The maximum atomic E-state index is 12.1. The molecule has 1 aromatic heterocycles. The summed E-state index contributed by atoms with van der Waals surface area (Å²) in [6, 6.07) is 0. The molecule has 0 aromatic carbocycles. The molecular formula is C15H23N3O4S. The molecule has 128 valence electrons. The molecule has 0 saturated heterocycles. The Morgan fingerprint density at radius 3 is 2.78 bits per heavy atom. The minimum atomic E-state index is -0.601. The Morgan fingerprint density at radius 1 is 1.48 bits per heavy atom. The van der Waals surface area contributed by atoms with Crippen LogP contribution in [-0.2, 0) is 17.7 Å². The fourth-order valence-corrected chi connectivity index (χ4v) is 3.07. The van der Waals surface area contributed by atoms with Crippen LogP contribution in [0.4, 0.5) is 4.79 Å². The number of thiazole rings is 1. The molecule has 0 spiro atoms. The lowest BCUT2D eigenvalue weighted by molar-refractivity contribution is 0.0222. The Balaban J connectivity index is 2.02. The van der Waals surface area contributed by atoms with E-state index in [1.807, 2.05) is 20.8 Å². The number of nitrogens with one attached hydrogen (secondary N) is 1. The zero-order valence-corrected chi connectivity index (χ0v) is 14.7. The van der Waals surface area contributed by atoms with Crippen molar-refractivity contribution in [3.63, 3.8) is 0 Å². The molecule has 1 aliphatic heterocycles. The van der Waals surface area contributed by atoms with Crippen molar-refractivity contribution in [1.29, 1.82) is 0 Å². The largest absolute Gasteiger partial charge is 0.444 e. The van der Waals surface area contributed by atoms with Crippen LogP contribution in [-0.4, -0.2) is 51.8 Å². The van der Waals surface area contributed by atoms with Crippen LogP contribution in [0.15, 0.2) is 0 Å². The highest BCUT2D eigenvalue weighted by molar-refractivity contribution is 7.13. The zero-order chi connectivity index (χ0) is 17.2.